The summed E-state index contributed by atoms with van der Waals surface area (Å²) in [5.74, 6) is -0.233. The van der Waals surface area contributed by atoms with E-state index in [4.69, 9.17) is 0 Å². The van der Waals surface area contributed by atoms with E-state index < -0.39 is 0 Å². The van der Waals surface area contributed by atoms with Gasteiger partial charge >= 0.3 is 0 Å². The molecule has 0 aliphatic carbocycles. The maximum atomic E-state index is 12.9. The number of nitrogens with zero attached hydrogens (tertiary/aromatic N) is 2. The van der Waals surface area contributed by atoms with Gasteiger partial charge in [-0.25, -0.2) is 4.99 Å². The molecule has 1 heterocycles. The first kappa shape index (κ1) is 21.7. The van der Waals surface area contributed by atoms with Crippen LogP contribution in [0.25, 0.3) is 0 Å². The number of carbonyl (C=O) groups excluding carboxylic acids is 2. The summed E-state index contributed by atoms with van der Waals surface area (Å²) >= 11 is 0. The zero-order valence-electron chi connectivity index (χ0n) is 17.8. The quantitative estimate of drug-likeness (QED) is 0.433. The monoisotopic (exact) mass is 415 g/mol. The lowest BCUT2D eigenvalue weighted by molar-refractivity contribution is -0.114. The summed E-state index contributed by atoms with van der Waals surface area (Å²) in [6, 6.07) is 18.3. The van der Waals surface area contributed by atoms with Crippen LogP contribution < -0.4 is 16.0 Å². The number of hydrogen-bond donors (Lipinski definition) is 3. The Morgan fingerprint density at radius 1 is 0.968 bits per heavy atom. The van der Waals surface area contributed by atoms with E-state index >= 15 is 0 Å². The van der Waals surface area contributed by atoms with Gasteiger partial charge in [0.05, 0.1) is 12.2 Å². The van der Waals surface area contributed by atoms with Gasteiger partial charge in [0.25, 0.3) is 5.91 Å². The molecule has 0 fully saturated rings. The third-order valence-corrected chi connectivity index (χ3v) is 4.44. The zero-order chi connectivity index (χ0) is 22.2. The van der Waals surface area contributed by atoms with Crippen molar-refractivity contribution in [3.8, 4) is 0 Å². The number of aromatic nitrogens is 1. The first-order chi connectivity index (χ1) is 14.9. The molecule has 0 saturated carbocycles. The average molecular weight is 415 g/mol. The van der Waals surface area contributed by atoms with Crippen LogP contribution in [0.1, 0.15) is 34.1 Å². The van der Waals surface area contributed by atoms with Gasteiger partial charge in [-0.2, -0.15) is 0 Å². The predicted octanol–water partition coefficient (Wildman–Crippen LogP) is 4.05. The zero-order valence-corrected chi connectivity index (χ0v) is 17.8. The Balaban J connectivity index is 1.83. The molecule has 0 aliphatic heterocycles. The van der Waals surface area contributed by atoms with Gasteiger partial charge in [-0.3, -0.25) is 19.9 Å². The lowest BCUT2D eigenvalue weighted by Gasteiger charge is -2.14. The van der Waals surface area contributed by atoms with Crippen molar-refractivity contribution >= 4 is 29.1 Å². The van der Waals surface area contributed by atoms with E-state index in [0.29, 0.717) is 23.8 Å². The highest BCUT2D eigenvalue weighted by Gasteiger charge is 2.12. The molecule has 0 radical (unpaired) electrons. The molecule has 0 saturated heterocycles. The Morgan fingerprint density at radius 2 is 1.81 bits per heavy atom. The summed E-state index contributed by atoms with van der Waals surface area (Å²) in [5, 5.41) is 8.73. The molecule has 2 amide bonds. The van der Waals surface area contributed by atoms with E-state index in [1.54, 1.807) is 30.5 Å². The van der Waals surface area contributed by atoms with Crippen molar-refractivity contribution < 1.29 is 9.59 Å². The second kappa shape index (κ2) is 10.2. The first-order valence-corrected chi connectivity index (χ1v) is 9.88. The Kier molecular flexibility index (Phi) is 7.11. The van der Waals surface area contributed by atoms with E-state index in [0.717, 1.165) is 22.5 Å². The van der Waals surface area contributed by atoms with Gasteiger partial charge in [0.1, 0.15) is 0 Å². The summed E-state index contributed by atoms with van der Waals surface area (Å²) in [6.45, 7) is 5.74. The highest BCUT2D eigenvalue weighted by molar-refractivity contribution is 6.10. The molecule has 3 N–H and O–H groups in total. The maximum Gasteiger partial charge on any atom is 0.258 e. The molecular formula is C24H25N5O2. The molecule has 7 heteroatoms. The van der Waals surface area contributed by atoms with Crippen LogP contribution in [-0.4, -0.2) is 22.8 Å². The third kappa shape index (κ3) is 6.50. The molecule has 0 atom stereocenters. The Morgan fingerprint density at radius 3 is 2.52 bits per heavy atom. The minimum Gasteiger partial charge on any atom is -0.326 e. The molecule has 2 aromatic carbocycles. The van der Waals surface area contributed by atoms with Crippen LogP contribution in [0.5, 0.6) is 0 Å². The number of pyridine rings is 1. The van der Waals surface area contributed by atoms with Gasteiger partial charge in [0.2, 0.25) is 11.9 Å². The predicted molar refractivity (Wildman–Crippen MR) is 123 cm³/mol. The standard InChI is InChI=1S/C24H25N5O2/c1-16-10-11-22(17(2)13-16)28-24(26-15-21-8-4-5-12-25-21)29-23(31)19-7-6-9-20(14-19)27-18(3)30/h4-14H,15H2,1-3H3,(H,27,30)(H2,26,28,29,31). The Hall–Kier alpha value is -4.00. The van der Waals surface area contributed by atoms with Crippen LogP contribution in [-0.2, 0) is 11.3 Å². The summed E-state index contributed by atoms with van der Waals surface area (Å²) in [4.78, 5) is 33.0. The van der Waals surface area contributed by atoms with Crippen molar-refractivity contribution in [3.63, 3.8) is 0 Å². The van der Waals surface area contributed by atoms with Crippen LogP contribution in [0, 0.1) is 13.8 Å². The summed E-state index contributed by atoms with van der Waals surface area (Å²) in [7, 11) is 0. The van der Waals surface area contributed by atoms with Crippen molar-refractivity contribution in [2.24, 2.45) is 4.99 Å². The van der Waals surface area contributed by atoms with Gasteiger partial charge in [-0.15, -0.1) is 0 Å². The second-order valence-electron chi connectivity index (χ2n) is 7.15. The number of rotatable bonds is 5. The maximum absolute atomic E-state index is 12.9. The topological polar surface area (TPSA) is 95.5 Å². The number of aryl methyl sites for hydroxylation is 2. The van der Waals surface area contributed by atoms with E-state index in [1.165, 1.54) is 6.92 Å². The molecule has 1 aromatic heterocycles. The van der Waals surface area contributed by atoms with Gasteiger partial charge in [0.15, 0.2) is 0 Å². The number of anilines is 2. The molecular weight excluding hydrogens is 390 g/mol. The van der Waals surface area contributed by atoms with E-state index in [9.17, 15) is 9.59 Å². The SMILES string of the molecule is CC(=O)Nc1cccc(C(=O)NC(=NCc2ccccn2)Nc2ccc(C)cc2C)c1. The van der Waals surface area contributed by atoms with Gasteiger partial charge in [-0.05, 0) is 55.8 Å². The van der Waals surface area contributed by atoms with E-state index in [-0.39, 0.29) is 11.8 Å². The van der Waals surface area contributed by atoms with Crippen molar-refractivity contribution in [1.82, 2.24) is 10.3 Å². The molecule has 158 valence electrons. The summed E-state index contributed by atoms with van der Waals surface area (Å²) in [6.07, 6.45) is 1.70. The number of nitrogens with one attached hydrogen (secondary N) is 3. The van der Waals surface area contributed by atoms with Crippen LogP contribution in [0.3, 0.4) is 0 Å². The van der Waals surface area contributed by atoms with Crippen LogP contribution in [0.4, 0.5) is 11.4 Å². The van der Waals surface area contributed by atoms with E-state index in [1.807, 2.05) is 44.2 Å². The van der Waals surface area contributed by atoms with Gasteiger partial charge in [0, 0.05) is 30.1 Å². The number of amides is 2. The van der Waals surface area contributed by atoms with Gasteiger partial charge < -0.3 is 10.6 Å². The normalized spacial score (nSPS) is 11.0. The van der Waals surface area contributed by atoms with Crippen molar-refractivity contribution in [1.29, 1.82) is 0 Å². The molecule has 31 heavy (non-hydrogen) atoms. The Bertz CT molecular complexity index is 1110. The lowest BCUT2D eigenvalue weighted by atomic mass is 10.1. The minimum atomic E-state index is -0.343. The highest BCUT2D eigenvalue weighted by atomic mass is 16.2. The number of guanidine groups is 1. The van der Waals surface area contributed by atoms with Crippen molar-refractivity contribution in [3.05, 3.63) is 89.2 Å². The Labute approximate surface area is 181 Å². The minimum absolute atomic E-state index is 0.202. The first-order valence-electron chi connectivity index (χ1n) is 9.88. The molecule has 7 nitrogen and oxygen atoms in total. The average Bonchev–Trinajstić information content (AvgIpc) is 2.74. The van der Waals surface area contributed by atoms with Crippen LogP contribution in [0.15, 0.2) is 71.9 Å². The van der Waals surface area contributed by atoms with Crippen molar-refractivity contribution in [2.45, 2.75) is 27.3 Å². The fourth-order valence-corrected chi connectivity index (χ4v) is 2.96. The summed E-state index contributed by atoms with van der Waals surface area (Å²) in [5.41, 5.74) is 4.76. The van der Waals surface area contributed by atoms with Crippen LogP contribution in [0.2, 0.25) is 0 Å². The molecule has 0 aliphatic rings. The molecule has 3 aromatic rings. The number of hydrogen-bond acceptors (Lipinski definition) is 4. The number of aliphatic imine (C=N–C) groups is 1. The number of benzene rings is 2. The molecule has 0 bridgehead atoms. The van der Waals surface area contributed by atoms with Gasteiger partial charge in [-0.1, -0.05) is 29.8 Å². The fourth-order valence-electron chi connectivity index (χ4n) is 2.96. The number of carbonyl (C=O) groups is 2. The second-order valence-corrected chi connectivity index (χ2v) is 7.15. The van der Waals surface area contributed by atoms with Crippen LogP contribution >= 0.6 is 0 Å². The smallest absolute Gasteiger partial charge is 0.258 e. The fraction of sp³-hybridized carbons (Fsp3) is 0.167. The molecule has 3 rings (SSSR count). The lowest BCUT2D eigenvalue weighted by Crippen LogP contribution is -2.36. The molecule has 0 spiro atoms. The largest absolute Gasteiger partial charge is 0.326 e. The van der Waals surface area contributed by atoms with Crippen molar-refractivity contribution in [2.75, 3.05) is 10.6 Å². The highest BCUT2D eigenvalue weighted by Crippen LogP contribution is 2.16. The van der Waals surface area contributed by atoms with E-state index in [2.05, 4.69) is 32.0 Å². The molecule has 0 unspecified atom stereocenters. The summed E-state index contributed by atoms with van der Waals surface area (Å²) < 4.78 is 0. The third-order valence-electron chi connectivity index (χ3n) is 4.44.